The summed E-state index contributed by atoms with van der Waals surface area (Å²) >= 11 is 0. The van der Waals surface area contributed by atoms with Crippen molar-refractivity contribution in [2.75, 3.05) is 17.2 Å². The number of benzene rings is 1. The monoisotopic (exact) mass is 403 g/mol. The number of halogens is 1. The number of anilines is 2. The number of pyridine rings is 1. The van der Waals surface area contributed by atoms with E-state index in [2.05, 4.69) is 20.1 Å². The summed E-state index contributed by atoms with van der Waals surface area (Å²) in [5.41, 5.74) is 8.26. The molecule has 1 saturated heterocycles. The zero-order valence-corrected chi connectivity index (χ0v) is 16.0. The number of rotatable bonds is 4. The summed E-state index contributed by atoms with van der Waals surface area (Å²) in [6, 6.07) is 10.2. The topological polar surface area (TPSA) is 103 Å². The predicted octanol–water partition coefficient (Wildman–Crippen LogP) is 2.78. The fourth-order valence-corrected chi connectivity index (χ4v) is 3.69. The van der Waals surface area contributed by atoms with E-state index in [9.17, 15) is 9.18 Å². The van der Waals surface area contributed by atoms with Gasteiger partial charge in [-0.3, -0.25) is 4.79 Å². The molecule has 0 spiro atoms. The number of carbonyl (C=O) groups is 1. The summed E-state index contributed by atoms with van der Waals surface area (Å²) in [5, 5.41) is 5.34. The van der Waals surface area contributed by atoms with Gasteiger partial charge in [0.2, 0.25) is 5.91 Å². The number of fused-ring (bicyclic) bond motifs is 1. The van der Waals surface area contributed by atoms with Crippen LogP contribution in [0.15, 0.2) is 48.8 Å². The minimum Gasteiger partial charge on any atom is -0.382 e. The number of nitrogen functional groups attached to an aromatic ring is 1. The van der Waals surface area contributed by atoms with Crippen molar-refractivity contribution < 1.29 is 9.18 Å². The van der Waals surface area contributed by atoms with Crippen molar-refractivity contribution in [2.24, 2.45) is 0 Å². The number of nitrogens with zero attached hydrogens (tertiary/aromatic N) is 6. The van der Waals surface area contributed by atoms with Crippen LogP contribution < -0.4 is 10.6 Å². The van der Waals surface area contributed by atoms with E-state index in [1.165, 1.54) is 6.07 Å². The number of hydrogen-bond acceptors (Lipinski definition) is 6. The number of nitrogens with two attached hydrogens (primary N) is 1. The minimum absolute atomic E-state index is 0.0156. The quantitative estimate of drug-likeness (QED) is 0.562. The lowest BCUT2D eigenvalue weighted by molar-refractivity contribution is -0.117. The molecule has 0 saturated carbocycles. The molecule has 1 fully saturated rings. The maximum Gasteiger partial charge on any atom is 0.227 e. The Balaban J connectivity index is 1.57. The molecule has 0 bridgehead atoms. The van der Waals surface area contributed by atoms with E-state index < -0.39 is 0 Å². The smallest absolute Gasteiger partial charge is 0.227 e. The summed E-state index contributed by atoms with van der Waals surface area (Å²) in [7, 11) is 0. The molecule has 5 rings (SSSR count). The largest absolute Gasteiger partial charge is 0.382 e. The molecule has 4 aromatic rings. The highest BCUT2D eigenvalue weighted by atomic mass is 19.1. The fourth-order valence-electron chi connectivity index (χ4n) is 3.69. The lowest BCUT2D eigenvalue weighted by Gasteiger charge is -2.16. The molecule has 1 aromatic carbocycles. The highest BCUT2D eigenvalue weighted by molar-refractivity contribution is 5.97. The summed E-state index contributed by atoms with van der Waals surface area (Å²) in [4.78, 5) is 26.9. The van der Waals surface area contributed by atoms with Crippen molar-refractivity contribution in [1.29, 1.82) is 0 Å². The van der Waals surface area contributed by atoms with Crippen LogP contribution in [0.1, 0.15) is 18.4 Å². The number of amides is 1. The van der Waals surface area contributed by atoms with Gasteiger partial charge in [0.05, 0.1) is 18.1 Å². The SMILES string of the molecule is Nc1nc(-c2nn(Cc3ccccc3F)c3ncccc23)ncc1N1CCCC1=O. The summed E-state index contributed by atoms with van der Waals surface area (Å²) in [5.74, 6) is 0.254. The average molecular weight is 403 g/mol. The van der Waals surface area contributed by atoms with E-state index in [1.807, 2.05) is 6.07 Å². The van der Waals surface area contributed by atoms with Crippen LogP contribution in [0.4, 0.5) is 15.9 Å². The molecule has 1 aliphatic rings. The third-order valence-corrected chi connectivity index (χ3v) is 5.16. The maximum absolute atomic E-state index is 14.1. The van der Waals surface area contributed by atoms with Crippen LogP contribution in [-0.4, -0.2) is 37.2 Å². The van der Waals surface area contributed by atoms with Gasteiger partial charge in [-0.05, 0) is 24.6 Å². The van der Waals surface area contributed by atoms with Crippen LogP contribution in [0.25, 0.3) is 22.6 Å². The van der Waals surface area contributed by atoms with Gasteiger partial charge in [0.25, 0.3) is 0 Å². The van der Waals surface area contributed by atoms with E-state index in [4.69, 9.17) is 5.73 Å². The Morgan fingerprint density at radius 1 is 1.13 bits per heavy atom. The average Bonchev–Trinajstić information content (AvgIpc) is 3.34. The van der Waals surface area contributed by atoms with Crippen LogP contribution >= 0.6 is 0 Å². The Morgan fingerprint density at radius 3 is 2.77 bits per heavy atom. The third kappa shape index (κ3) is 3.04. The molecule has 9 heteroatoms. The van der Waals surface area contributed by atoms with Gasteiger partial charge in [-0.25, -0.2) is 24.0 Å². The molecule has 30 heavy (non-hydrogen) atoms. The molecule has 0 atom stereocenters. The highest BCUT2D eigenvalue weighted by Crippen LogP contribution is 2.30. The third-order valence-electron chi connectivity index (χ3n) is 5.16. The molecular weight excluding hydrogens is 385 g/mol. The molecule has 4 heterocycles. The molecule has 2 N–H and O–H groups in total. The Bertz CT molecular complexity index is 1270. The lowest BCUT2D eigenvalue weighted by Crippen LogP contribution is -2.25. The van der Waals surface area contributed by atoms with Gasteiger partial charge in [-0.1, -0.05) is 18.2 Å². The molecule has 0 unspecified atom stereocenters. The van der Waals surface area contributed by atoms with Crippen molar-refractivity contribution in [1.82, 2.24) is 24.7 Å². The van der Waals surface area contributed by atoms with Gasteiger partial charge < -0.3 is 10.6 Å². The van der Waals surface area contributed by atoms with Gasteiger partial charge in [0.1, 0.15) is 17.2 Å². The second-order valence-electron chi connectivity index (χ2n) is 7.09. The van der Waals surface area contributed by atoms with Crippen LogP contribution in [0.3, 0.4) is 0 Å². The van der Waals surface area contributed by atoms with Gasteiger partial charge in [0, 0.05) is 24.7 Å². The molecule has 0 aliphatic carbocycles. The Hall–Kier alpha value is -3.88. The number of hydrogen-bond donors (Lipinski definition) is 1. The summed E-state index contributed by atoms with van der Waals surface area (Å²) in [6.07, 6.45) is 4.50. The number of carbonyl (C=O) groups excluding carboxylic acids is 1. The van der Waals surface area contributed by atoms with Crippen molar-refractivity contribution >= 4 is 28.4 Å². The normalized spacial score (nSPS) is 14.0. The van der Waals surface area contributed by atoms with Crippen molar-refractivity contribution in [2.45, 2.75) is 19.4 Å². The molecule has 150 valence electrons. The molecular formula is C21H18FN7O. The lowest BCUT2D eigenvalue weighted by atomic mass is 10.2. The molecule has 1 amide bonds. The Kier molecular flexibility index (Phi) is 4.35. The molecule has 0 radical (unpaired) electrons. The van der Waals surface area contributed by atoms with Gasteiger partial charge in [-0.2, -0.15) is 5.10 Å². The summed E-state index contributed by atoms with van der Waals surface area (Å²) < 4.78 is 15.8. The van der Waals surface area contributed by atoms with E-state index in [0.29, 0.717) is 41.4 Å². The van der Waals surface area contributed by atoms with E-state index in [-0.39, 0.29) is 24.1 Å². The van der Waals surface area contributed by atoms with E-state index in [1.54, 1.807) is 46.2 Å². The molecule has 8 nitrogen and oxygen atoms in total. The molecule has 3 aromatic heterocycles. The molecule has 1 aliphatic heterocycles. The zero-order valence-electron chi connectivity index (χ0n) is 16.0. The van der Waals surface area contributed by atoms with Gasteiger partial charge in [-0.15, -0.1) is 0 Å². The minimum atomic E-state index is -0.307. The Morgan fingerprint density at radius 2 is 2.00 bits per heavy atom. The maximum atomic E-state index is 14.1. The first-order chi connectivity index (χ1) is 14.6. The second kappa shape index (κ2) is 7.18. The fraction of sp³-hybridized carbons (Fsp3) is 0.190. The van der Waals surface area contributed by atoms with Crippen LogP contribution in [-0.2, 0) is 11.3 Å². The number of aromatic nitrogens is 5. The first-order valence-electron chi connectivity index (χ1n) is 9.60. The van der Waals surface area contributed by atoms with Crippen LogP contribution in [0, 0.1) is 5.82 Å². The van der Waals surface area contributed by atoms with Gasteiger partial charge >= 0.3 is 0 Å². The zero-order chi connectivity index (χ0) is 20.7. The highest BCUT2D eigenvalue weighted by Gasteiger charge is 2.25. The standard InChI is InChI=1S/C21H18FN7O/c22-15-7-2-1-5-13(15)12-29-21-14(6-3-9-24-21)18(27-29)20-25-11-16(19(23)26-20)28-10-4-8-17(28)30/h1-3,5-7,9,11H,4,8,10,12H2,(H2,23,25,26). The van der Waals surface area contributed by atoms with Crippen LogP contribution in [0.2, 0.25) is 0 Å². The first-order valence-corrected chi connectivity index (χ1v) is 9.60. The van der Waals surface area contributed by atoms with Crippen molar-refractivity contribution in [3.05, 3.63) is 60.2 Å². The second-order valence-corrected chi connectivity index (χ2v) is 7.09. The van der Waals surface area contributed by atoms with Gasteiger partial charge in [0.15, 0.2) is 17.3 Å². The van der Waals surface area contributed by atoms with Crippen molar-refractivity contribution in [3.8, 4) is 11.5 Å². The predicted molar refractivity (Wildman–Crippen MR) is 110 cm³/mol. The Labute approximate surface area is 171 Å². The van der Waals surface area contributed by atoms with E-state index >= 15 is 0 Å². The summed E-state index contributed by atoms with van der Waals surface area (Å²) in [6.45, 7) is 0.825. The van der Waals surface area contributed by atoms with Crippen LogP contribution in [0.5, 0.6) is 0 Å². The van der Waals surface area contributed by atoms with Crippen molar-refractivity contribution in [3.63, 3.8) is 0 Å². The first kappa shape index (κ1) is 18.2. The van der Waals surface area contributed by atoms with E-state index in [0.717, 1.165) is 11.8 Å².